The quantitative estimate of drug-likeness (QED) is 0.903. The molecular weight excluding hydrogens is 340 g/mol. The van der Waals surface area contributed by atoms with Gasteiger partial charge >= 0.3 is 0 Å². The number of fused-ring (bicyclic) bond motifs is 1. The Morgan fingerprint density at radius 1 is 1.15 bits per heavy atom. The summed E-state index contributed by atoms with van der Waals surface area (Å²) in [5.41, 5.74) is 8.19. The van der Waals surface area contributed by atoms with Crippen molar-refractivity contribution >= 4 is 23.3 Å². The van der Waals surface area contributed by atoms with Crippen LogP contribution in [0.2, 0.25) is 0 Å². The number of carbonyl (C=O) groups is 2. The van der Waals surface area contributed by atoms with Gasteiger partial charge in [0, 0.05) is 37.9 Å². The normalized spacial score (nSPS) is 19.0. The molecule has 0 aliphatic carbocycles. The third kappa shape index (κ3) is 3.52. The highest BCUT2D eigenvalue weighted by atomic mass is 16.2. The Kier molecular flexibility index (Phi) is 4.79. The van der Waals surface area contributed by atoms with Crippen molar-refractivity contribution in [1.82, 2.24) is 4.98 Å². The molecule has 2 amide bonds. The van der Waals surface area contributed by atoms with E-state index in [1.807, 2.05) is 35.2 Å². The summed E-state index contributed by atoms with van der Waals surface area (Å²) in [6, 6.07) is 11.7. The minimum atomic E-state index is -0.271. The topological polar surface area (TPSA) is 79.5 Å². The van der Waals surface area contributed by atoms with Gasteiger partial charge in [0.25, 0.3) is 5.91 Å². The lowest BCUT2D eigenvalue weighted by atomic mass is 9.94. The number of piperidine rings is 1. The number of nitrogens with zero attached hydrogens (tertiary/aromatic N) is 3. The molecule has 1 atom stereocenters. The molecule has 140 valence electrons. The second-order valence-corrected chi connectivity index (χ2v) is 7.33. The van der Waals surface area contributed by atoms with E-state index in [0.717, 1.165) is 31.5 Å². The summed E-state index contributed by atoms with van der Waals surface area (Å²) in [4.78, 5) is 33.1. The molecule has 1 saturated heterocycles. The molecule has 1 aromatic carbocycles. The van der Waals surface area contributed by atoms with Crippen molar-refractivity contribution in [2.75, 3.05) is 29.4 Å². The van der Waals surface area contributed by atoms with Gasteiger partial charge in [-0.05, 0) is 48.9 Å². The summed E-state index contributed by atoms with van der Waals surface area (Å²) in [5.74, 6) is 0.641. The van der Waals surface area contributed by atoms with Gasteiger partial charge in [-0.25, -0.2) is 4.98 Å². The predicted molar refractivity (Wildman–Crippen MR) is 105 cm³/mol. The van der Waals surface area contributed by atoms with Crippen molar-refractivity contribution in [2.45, 2.75) is 25.7 Å². The lowest BCUT2D eigenvalue weighted by Gasteiger charge is -2.34. The Morgan fingerprint density at radius 3 is 2.85 bits per heavy atom. The largest absolute Gasteiger partial charge is 0.370 e. The molecule has 3 heterocycles. The van der Waals surface area contributed by atoms with Crippen LogP contribution in [0.1, 0.15) is 35.2 Å². The van der Waals surface area contributed by atoms with E-state index in [-0.39, 0.29) is 17.7 Å². The monoisotopic (exact) mass is 364 g/mol. The van der Waals surface area contributed by atoms with E-state index in [0.29, 0.717) is 30.9 Å². The number of anilines is 2. The van der Waals surface area contributed by atoms with Crippen LogP contribution in [0.4, 0.5) is 11.5 Å². The highest BCUT2D eigenvalue weighted by Crippen LogP contribution is 2.32. The number of amides is 2. The van der Waals surface area contributed by atoms with Gasteiger partial charge in [0.15, 0.2) is 0 Å². The van der Waals surface area contributed by atoms with Crippen LogP contribution in [0.25, 0.3) is 0 Å². The van der Waals surface area contributed by atoms with Crippen LogP contribution in [-0.4, -0.2) is 36.4 Å². The van der Waals surface area contributed by atoms with E-state index in [1.54, 1.807) is 6.20 Å². The average Bonchev–Trinajstić information content (AvgIpc) is 3.11. The van der Waals surface area contributed by atoms with Crippen molar-refractivity contribution in [3.8, 4) is 0 Å². The lowest BCUT2D eigenvalue weighted by molar-refractivity contribution is -0.118. The van der Waals surface area contributed by atoms with Crippen LogP contribution in [0.5, 0.6) is 0 Å². The molecule has 2 aliphatic heterocycles. The molecule has 27 heavy (non-hydrogen) atoms. The summed E-state index contributed by atoms with van der Waals surface area (Å²) in [6.07, 6.45) is 4.93. The van der Waals surface area contributed by atoms with Gasteiger partial charge in [-0.2, -0.15) is 0 Å². The first kappa shape index (κ1) is 17.5. The Hall–Kier alpha value is -2.89. The van der Waals surface area contributed by atoms with Crippen molar-refractivity contribution in [1.29, 1.82) is 0 Å². The first-order valence-electron chi connectivity index (χ1n) is 9.51. The maximum atomic E-state index is 13.3. The molecule has 0 spiro atoms. The average molecular weight is 364 g/mol. The molecule has 2 aromatic rings. The van der Waals surface area contributed by atoms with Gasteiger partial charge in [-0.1, -0.05) is 18.2 Å². The van der Waals surface area contributed by atoms with Crippen LogP contribution >= 0.6 is 0 Å². The molecule has 1 unspecified atom stereocenters. The number of hydrogen-bond acceptors (Lipinski definition) is 4. The van der Waals surface area contributed by atoms with Crippen molar-refractivity contribution in [3.05, 3.63) is 53.7 Å². The summed E-state index contributed by atoms with van der Waals surface area (Å²) in [6.45, 7) is 2.23. The summed E-state index contributed by atoms with van der Waals surface area (Å²) < 4.78 is 0. The van der Waals surface area contributed by atoms with E-state index in [1.165, 1.54) is 5.56 Å². The zero-order valence-corrected chi connectivity index (χ0v) is 15.3. The summed E-state index contributed by atoms with van der Waals surface area (Å²) in [5, 5.41) is 0. The number of carbonyl (C=O) groups excluding carboxylic acids is 2. The molecule has 1 aromatic heterocycles. The second kappa shape index (κ2) is 7.39. The Bertz CT molecular complexity index is 867. The van der Waals surface area contributed by atoms with Crippen molar-refractivity contribution < 1.29 is 9.59 Å². The maximum absolute atomic E-state index is 13.3. The molecule has 2 aliphatic rings. The fourth-order valence-electron chi connectivity index (χ4n) is 4.22. The van der Waals surface area contributed by atoms with Crippen LogP contribution in [-0.2, 0) is 11.2 Å². The Balaban J connectivity index is 1.60. The van der Waals surface area contributed by atoms with Gasteiger partial charge in [-0.15, -0.1) is 0 Å². The van der Waals surface area contributed by atoms with E-state index in [2.05, 4.69) is 16.0 Å². The highest BCUT2D eigenvalue weighted by Gasteiger charge is 2.30. The molecule has 6 heteroatoms. The minimum absolute atomic E-state index is 0.0138. The molecule has 0 bridgehead atoms. The van der Waals surface area contributed by atoms with Crippen LogP contribution in [0.3, 0.4) is 0 Å². The number of pyridine rings is 1. The first-order valence-corrected chi connectivity index (χ1v) is 9.51. The predicted octanol–water partition coefficient (Wildman–Crippen LogP) is 2.38. The standard InChI is InChI=1S/C21H24N4O2/c22-19(26)13-15-5-4-11-24(14-15)20-17(7-3-10-23-20)21(27)25-12-9-16-6-1-2-8-18(16)25/h1-3,6-8,10,15H,4-5,9,11-14H2,(H2,22,26). The molecular formula is C21H24N4O2. The van der Waals surface area contributed by atoms with E-state index >= 15 is 0 Å². The third-order valence-electron chi connectivity index (χ3n) is 5.46. The number of primary amides is 1. The summed E-state index contributed by atoms with van der Waals surface area (Å²) in [7, 11) is 0. The minimum Gasteiger partial charge on any atom is -0.370 e. The number of hydrogen-bond donors (Lipinski definition) is 1. The van der Waals surface area contributed by atoms with Crippen LogP contribution < -0.4 is 15.5 Å². The first-order chi connectivity index (χ1) is 13.1. The maximum Gasteiger partial charge on any atom is 0.262 e. The number of benzene rings is 1. The molecule has 1 fully saturated rings. The van der Waals surface area contributed by atoms with Crippen LogP contribution in [0.15, 0.2) is 42.6 Å². The number of para-hydroxylation sites is 1. The van der Waals surface area contributed by atoms with Crippen molar-refractivity contribution in [2.24, 2.45) is 11.7 Å². The van der Waals surface area contributed by atoms with Gasteiger partial charge in [-0.3, -0.25) is 9.59 Å². The molecule has 0 radical (unpaired) electrons. The second-order valence-electron chi connectivity index (χ2n) is 7.33. The molecule has 0 saturated carbocycles. The zero-order chi connectivity index (χ0) is 18.8. The van der Waals surface area contributed by atoms with E-state index in [9.17, 15) is 9.59 Å². The van der Waals surface area contributed by atoms with Gasteiger partial charge in [0.1, 0.15) is 5.82 Å². The Labute approximate surface area is 159 Å². The number of aromatic nitrogens is 1. The Morgan fingerprint density at radius 2 is 2.00 bits per heavy atom. The third-order valence-corrected chi connectivity index (χ3v) is 5.46. The molecule has 4 rings (SSSR count). The van der Waals surface area contributed by atoms with E-state index in [4.69, 9.17) is 5.73 Å². The van der Waals surface area contributed by atoms with Gasteiger partial charge in [0.05, 0.1) is 5.56 Å². The molecule has 6 nitrogen and oxygen atoms in total. The number of rotatable bonds is 4. The van der Waals surface area contributed by atoms with Crippen LogP contribution in [0, 0.1) is 5.92 Å². The molecule has 2 N–H and O–H groups in total. The van der Waals surface area contributed by atoms with E-state index < -0.39 is 0 Å². The van der Waals surface area contributed by atoms with Gasteiger partial charge in [0.2, 0.25) is 5.91 Å². The fraction of sp³-hybridized carbons (Fsp3) is 0.381. The summed E-state index contributed by atoms with van der Waals surface area (Å²) >= 11 is 0. The SMILES string of the molecule is NC(=O)CC1CCCN(c2ncccc2C(=O)N2CCc3ccccc32)C1. The van der Waals surface area contributed by atoms with Crippen molar-refractivity contribution in [3.63, 3.8) is 0 Å². The highest BCUT2D eigenvalue weighted by molar-refractivity contribution is 6.10. The number of nitrogens with two attached hydrogens (primary N) is 1. The zero-order valence-electron chi connectivity index (χ0n) is 15.3. The smallest absolute Gasteiger partial charge is 0.262 e. The lowest BCUT2D eigenvalue weighted by Crippen LogP contribution is -2.39. The van der Waals surface area contributed by atoms with Gasteiger partial charge < -0.3 is 15.5 Å². The fourth-order valence-corrected chi connectivity index (χ4v) is 4.22.